The Hall–Kier alpha value is -1.84. The van der Waals surface area contributed by atoms with Crippen LogP contribution < -0.4 is 0 Å². The average molecular weight is 387 g/mol. The standard InChI is InChI=1S/C24H32F2N2/c1-3-5-17-7-9-18(10-8-17)11-13-20-14-16-22(28-27-20)21-15-12-19(6-4-2)23(25)24(21)26/h12,14-18H,3-11,13H2,1-2H3. The van der Waals surface area contributed by atoms with Crippen molar-refractivity contribution in [3.63, 3.8) is 0 Å². The lowest BCUT2D eigenvalue weighted by Crippen LogP contribution is -2.15. The van der Waals surface area contributed by atoms with Crippen molar-refractivity contribution >= 4 is 0 Å². The van der Waals surface area contributed by atoms with Gasteiger partial charge in [0.1, 0.15) is 0 Å². The molecule has 0 radical (unpaired) electrons. The smallest absolute Gasteiger partial charge is 0.168 e. The summed E-state index contributed by atoms with van der Waals surface area (Å²) in [5.41, 5.74) is 1.93. The van der Waals surface area contributed by atoms with Gasteiger partial charge in [0.05, 0.1) is 11.4 Å². The molecule has 2 nitrogen and oxygen atoms in total. The molecule has 1 aliphatic rings. The minimum atomic E-state index is -0.822. The van der Waals surface area contributed by atoms with Crippen LogP contribution in [0.25, 0.3) is 11.3 Å². The number of hydrogen-bond donors (Lipinski definition) is 0. The summed E-state index contributed by atoms with van der Waals surface area (Å²) in [4.78, 5) is 0. The van der Waals surface area contributed by atoms with Crippen LogP contribution in [0, 0.1) is 23.5 Å². The van der Waals surface area contributed by atoms with Crippen molar-refractivity contribution in [2.75, 3.05) is 0 Å². The number of benzene rings is 1. The first-order valence-electron chi connectivity index (χ1n) is 10.9. The van der Waals surface area contributed by atoms with E-state index in [2.05, 4.69) is 17.1 Å². The van der Waals surface area contributed by atoms with Gasteiger partial charge in [-0.2, -0.15) is 10.2 Å². The van der Waals surface area contributed by atoms with E-state index in [9.17, 15) is 8.78 Å². The van der Waals surface area contributed by atoms with E-state index in [1.165, 1.54) is 38.5 Å². The SMILES string of the molecule is CCCc1ccc(-c2ccc(CCC3CCC(CCC)CC3)nn2)c(F)c1F. The lowest BCUT2D eigenvalue weighted by atomic mass is 9.78. The van der Waals surface area contributed by atoms with Crippen LogP contribution in [0.15, 0.2) is 24.3 Å². The van der Waals surface area contributed by atoms with Gasteiger partial charge in [-0.15, -0.1) is 0 Å². The second kappa shape index (κ2) is 10.1. The van der Waals surface area contributed by atoms with E-state index in [0.29, 0.717) is 17.7 Å². The highest BCUT2D eigenvalue weighted by Crippen LogP contribution is 2.33. The van der Waals surface area contributed by atoms with E-state index in [1.54, 1.807) is 18.2 Å². The number of aromatic nitrogens is 2. The van der Waals surface area contributed by atoms with Gasteiger partial charge in [0.15, 0.2) is 11.6 Å². The van der Waals surface area contributed by atoms with E-state index < -0.39 is 11.6 Å². The number of halogens is 2. The normalized spacial score (nSPS) is 19.7. The Bertz CT molecular complexity index is 750. The Balaban J connectivity index is 1.58. The summed E-state index contributed by atoms with van der Waals surface area (Å²) in [7, 11) is 0. The summed E-state index contributed by atoms with van der Waals surface area (Å²) < 4.78 is 28.6. The summed E-state index contributed by atoms with van der Waals surface area (Å²) in [5, 5.41) is 8.44. The molecule has 28 heavy (non-hydrogen) atoms. The Morgan fingerprint density at radius 3 is 2.11 bits per heavy atom. The molecule has 1 aromatic heterocycles. The molecule has 1 aromatic carbocycles. The number of hydrogen-bond acceptors (Lipinski definition) is 2. The van der Waals surface area contributed by atoms with Gasteiger partial charge in [-0.05, 0) is 54.9 Å². The minimum absolute atomic E-state index is 0.186. The van der Waals surface area contributed by atoms with Crippen LogP contribution in [-0.4, -0.2) is 10.2 Å². The number of aryl methyl sites for hydroxylation is 2. The van der Waals surface area contributed by atoms with Gasteiger partial charge in [-0.1, -0.05) is 64.9 Å². The van der Waals surface area contributed by atoms with Crippen molar-refractivity contribution < 1.29 is 8.78 Å². The molecule has 0 bridgehead atoms. The fourth-order valence-electron chi connectivity index (χ4n) is 4.46. The number of rotatable bonds is 8. The molecule has 0 N–H and O–H groups in total. The molecule has 0 atom stereocenters. The molecule has 4 heteroatoms. The van der Waals surface area contributed by atoms with E-state index in [1.807, 2.05) is 13.0 Å². The van der Waals surface area contributed by atoms with Crippen LogP contribution in [0.5, 0.6) is 0 Å². The monoisotopic (exact) mass is 386 g/mol. The van der Waals surface area contributed by atoms with Gasteiger partial charge in [0.25, 0.3) is 0 Å². The highest BCUT2D eigenvalue weighted by atomic mass is 19.2. The summed E-state index contributed by atoms with van der Waals surface area (Å²) in [6.45, 7) is 4.22. The van der Waals surface area contributed by atoms with Gasteiger partial charge in [-0.25, -0.2) is 8.78 Å². The molecule has 0 amide bonds. The molecular formula is C24H32F2N2. The van der Waals surface area contributed by atoms with Crippen LogP contribution in [0.1, 0.15) is 76.5 Å². The maximum absolute atomic E-state index is 14.4. The molecule has 152 valence electrons. The van der Waals surface area contributed by atoms with E-state index in [4.69, 9.17) is 0 Å². The predicted octanol–water partition coefficient (Wildman–Crippen LogP) is 6.91. The van der Waals surface area contributed by atoms with Crippen LogP contribution in [0.3, 0.4) is 0 Å². The van der Waals surface area contributed by atoms with Crippen molar-refractivity contribution in [2.24, 2.45) is 11.8 Å². The van der Waals surface area contributed by atoms with Crippen LogP contribution in [0.2, 0.25) is 0 Å². The summed E-state index contributed by atoms with van der Waals surface area (Å²) in [5.74, 6) is 0.132. The quantitative estimate of drug-likeness (QED) is 0.492. The summed E-state index contributed by atoms with van der Waals surface area (Å²) in [6, 6.07) is 6.93. The Labute approximate surface area is 167 Å². The molecule has 1 aliphatic carbocycles. The Morgan fingerprint density at radius 2 is 1.50 bits per heavy atom. The lowest BCUT2D eigenvalue weighted by Gasteiger charge is -2.28. The average Bonchev–Trinajstić information content (AvgIpc) is 2.72. The third kappa shape index (κ3) is 5.15. The molecule has 3 rings (SSSR count). The second-order valence-electron chi connectivity index (χ2n) is 8.27. The third-order valence-corrected chi connectivity index (χ3v) is 6.15. The fourth-order valence-corrected chi connectivity index (χ4v) is 4.46. The van der Waals surface area contributed by atoms with Gasteiger partial charge in [0, 0.05) is 5.56 Å². The molecule has 0 saturated heterocycles. The lowest BCUT2D eigenvalue weighted by molar-refractivity contribution is 0.252. The van der Waals surface area contributed by atoms with Gasteiger partial charge in [-0.3, -0.25) is 0 Å². The molecule has 1 heterocycles. The van der Waals surface area contributed by atoms with Gasteiger partial charge in [0.2, 0.25) is 0 Å². The van der Waals surface area contributed by atoms with Crippen LogP contribution in [-0.2, 0) is 12.8 Å². The molecular weight excluding hydrogens is 354 g/mol. The zero-order valence-corrected chi connectivity index (χ0v) is 17.2. The van der Waals surface area contributed by atoms with Crippen molar-refractivity contribution in [1.82, 2.24) is 10.2 Å². The molecule has 1 fully saturated rings. The molecule has 1 saturated carbocycles. The zero-order valence-electron chi connectivity index (χ0n) is 17.2. The van der Waals surface area contributed by atoms with Crippen LogP contribution >= 0.6 is 0 Å². The molecule has 0 aliphatic heterocycles. The Morgan fingerprint density at radius 1 is 0.786 bits per heavy atom. The predicted molar refractivity (Wildman–Crippen MR) is 110 cm³/mol. The van der Waals surface area contributed by atoms with Gasteiger partial charge < -0.3 is 0 Å². The first kappa shape index (κ1) is 20.9. The fraction of sp³-hybridized carbons (Fsp3) is 0.583. The number of nitrogens with zero attached hydrogens (tertiary/aromatic N) is 2. The summed E-state index contributed by atoms with van der Waals surface area (Å²) in [6.07, 6.45) is 11.4. The zero-order chi connectivity index (χ0) is 19.9. The van der Waals surface area contributed by atoms with Crippen molar-refractivity contribution in [1.29, 1.82) is 0 Å². The highest BCUT2D eigenvalue weighted by Gasteiger charge is 2.20. The second-order valence-corrected chi connectivity index (χ2v) is 8.27. The molecule has 0 unspecified atom stereocenters. The first-order valence-corrected chi connectivity index (χ1v) is 10.9. The third-order valence-electron chi connectivity index (χ3n) is 6.15. The first-order chi connectivity index (χ1) is 13.6. The maximum Gasteiger partial charge on any atom is 0.168 e. The topological polar surface area (TPSA) is 25.8 Å². The molecule has 0 spiro atoms. The van der Waals surface area contributed by atoms with Crippen molar-refractivity contribution in [3.8, 4) is 11.3 Å². The van der Waals surface area contributed by atoms with Gasteiger partial charge >= 0.3 is 0 Å². The van der Waals surface area contributed by atoms with E-state index in [-0.39, 0.29) is 5.56 Å². The van der Waals surface area contributed by atoms with Crippen LogP contribution in [0.4, 0.5) is 8.78 Å². The summed E-state index contributed by atoms with van der Waals surface area (Å²) >= 11 is 0. The van der Waals surface area contributed by atoms with Crippen molar-refractivity contribution in [3.05, 3.63) is 47.2 Å². The Kier molecular flexibility index (Phi) is 7.52. The van der Waals surface area contributed by atoms with E-state index in [0.717, 1.165) is 36.8 Å². The highest BCUT2D eigenvalue weighted by molar-refractivity contribution is 5.60. The largest absolute Gasteiger partial charge is 0.203 e. The van der Waals surface area contributed by atoms with Crippen molar-refractivity contribution in [2.45, 2.75) is 78.1 Å². The maximum atomic E-state index is 14.4. The minimum Gasteiger partial charge on any atom is -0.203 e. The molecule has 2 aromatic rings. The van der Waals surface area contributed by atoms with E-state index >= 15 is 0 Å².